The molecule has 1 heterocycles. The third-order valence-corrected chi connectivity index (χ3v) is 2.66. The molecule has 0 amide bonds. The molecule has 1 aromatic heterocycles. The highest BCUT2D eigenvalue weighted by Crippen LogP contribution is 2.13. The molecule has 17 heavy (non-hydrogen) atoms. The first kappa shape index (κ1) is 13.9. The Morgan fingerprint density at radius 3 is 2.06 bits per heavy atom. The fraction of sp³-hybridized carbons (Fsp3) is 0.692. The molecule has 0 fully saturated rings. The predicted octanol–water partition coefficient (Wildman–Crippen LogP) is 1.91. The number of hydrogen-bond acceptors (Lipinski definition) is 4. The molecule has 0 radical (unpaired) electrons. The van der Waals surface area contributed by atoms with Gasteiger partial charge in [-0.25, -0.2) is 9.97 Å². The third-order valence-electron chi connectivity index (χ3n) is 2.66. The van der Waals surface area contributed by atoms with Gasteiger partial charge in [-0.05, 0) is 26.3 Å². The lowest BCUT2D eigenvalue weighted by Gasteiger charge is -2.16. The Labute approximate surface area is 104 Å². The summed E-state index contributed by atoms with van der Waals surface area (Å²) in [5.41, 5.74) is 3.35. The zero-order valence-electron chi connectivity index (χ0n) is 11.8. The van der Waals surface area contributed by atoms with E-state index in [0.29, 0.717) is 5.92 Å². The van der Waals surface area contributed by atoms with Crippen LogP contribution in [0.15, 0.2) is 0 Å². The lowest BCUT2D eigenvalue weighted by molar-refractivity contribution is 0.549. The van der Waals surface area contributed by atoms with Gasteiger partial charge < -0.3 is 10.2 Å². The maximum atomic E-state index is 4.51. The first-order valence-electron chi connectivity index (χ1n) is 6.14. The van der Waals surface area contributed by atoms with E-state index in [1.165, 1.54) is 5.56 Å². The van der Waals surface area contributed by atoms with Gasteiger partial charge in [0.2, 0.25) is 5.95 Å². The van der Waals surface area contributed by atoms with Crippen LogP contribution in [0.2, 0.25) is 0 Å². The molecule has 1 rings (SSSR count). The lowest BCUT2D eigenvalue weighted by atomic mass is 10.1. The molecule has 4 heteroatoms. The molecule has 0 aliphatic heterocycles. The van der Waals surface area contributed by atoms with E-state index >= 15 is 0 Å². The summed E-state index contributed by atoms with van der Waals surface area (Å²) in [6, 6.07) is 0. The van der Waals surface area contributed by atoms with Gasteiger partial charge in [0.1, 0.15) is 0 Å². The Morgan fingerprint density at radius 2 is 1.65 bits per heavy atom. The van der Waals surface area contributed by atoms with Crippen LogP contribution in [0.4, 0.5) is 5.95 Å². The minimum atomic E-state index is 0.664. The zero-order valence-corrected chi connectivity index (χ0v) is 11.8. The van der Waals surface area contributed by atoms with Gasteiger partial charge in [0.25, 0.3) is 0 Å². The second kappa shape index (κ2) is 5.96. The Morgan fingerprint density at radius 1 is 1.12 bits per heavy atom. The average Bonchev–Trinajstić information content (AvgIpc) is 2.21. The summed E-state index contributed by atoms with van der Waals surface area (Å²) in [5.74, 6) is 1.45. The molecule has 0 aromatic carbocycles. The van der Waals surface area contributed by atoms with Gasteiger partial charge in [-0.15, -0.1) is 0 Å². The summed E-state index contributed by atoms with van der Waals surface area (Å²) in [5, 5.41) is 3.44. The van der Waals surface area contributed by atoms with Crippen molar-refractivity contribution in [1.82, 2.24) is 15.3 Å². The van der Waals surface area contributed by atoms with Crippen LogP contribution < -0.4 is 10.2 Å². The quantitative estimate of drug-likeness (QED) is 0.848. The smallest absolute Gasteiger partial charge is 0.225 e. The number of hydrogen-bond donors (Lipinski definition) is 1. The van der Waals surface area contributed by atoms with Gasteiger partial charge >= 0.3 is 0 Å². The molecular formula is C13H24N4. The van der Waals surface area contributed by atoms with E-state index in [0.717, 1.165) is 30.4 Å². The zero-order chi connectivity index (χ0) is 13.0. The highest BCUT2D eigenvalue weighted by molar-refractivity contribution is 5.34. The molecule has 0 saturated carbocycles. The van der Waals surface area contributed by atoms with Crippen molar-refractivity contribution in [2.75, 3.05) is 25.5 Å². The summed E-state index contributed by atoms with van der Waals surface area (Å²) in [7, 11) is 3.93. The predicted molar refractivity (Wildman–Crippen MR) is 72.4 cm³/mol. The van der Waals surface area contributed by atoms with Crippen LogP contribution in [-0.2, 0) is 6.54 Å². The van der Waals surface area contributed by atoms with Crippen LogP contribution in [0.5, 0.6) is 0 Å². The second-order valence-electron chi connectivity index (χ2n) is 5.09. The molecule has 1 aromatic rings. The van der Waals surface area contributed by atoms with Crippen LogP contribution in [0.1, 0.15) is 30.8 Å². The van der Waals surface area contributed by atoms with Crippen molar-refractivity contribution >= 4 is 5.95 Å². The Bertz CT molecular complexity index is 349. The Balaban J connectivity index is 2.79. The van der Waals surface area contributed by atoms with Crippen LogP contribution >= 0.6 is 0 Å². The summed E-state index contributed by atoms with van der Waals surface area (Å²) < 4.78 is 0. The minimum Gasteiger partial charge on any atom is -0.347 e. The van der Waals surface area contributed by atoms with Gasteiger partial charge in [-0.1, -0.05) is 13.8 Å². The van der Waals surface area contributed by atoms with Gasteiger partial charge in [0.15, 0.2) is 0 Å². The molecular weight excluding hydrogens is 212 g/mol. The second-order valence-corrected chi connectivity index (χ2v) is 5.09. The first-order chi connectivity index (χ1) is 7.91. The lowest BCUT2D eigenvalue weighted by Crippen LogP contribution is -2.22. The largest absolute Gasteiger partial charge is 0.347 e. The van der Waals surface area contributed by atoms with E-state index in [1.807, 2.05) is 32.8 Å². The summed E-state index contributed by atoms with van der Waals surface area (Å²) in [6.45, 7) is 10.4. The highest BCUT2D eigenvalue weighted by atomic mass is 15.2. The van der Waals surface area contributed by atoms with E-state index < -0.39 is 0 Å². The molecule has 0 atom stereocenters. The minimum absolute atomic E-state index is 0.664. The molecule has 0 bridgehead atoms. The standard InChI is InChI=1S/C13H24N4/c1-9(2)7-14-8-12-10(3)15-13(17(5)6)16-11(12)4/h9,14H,7-8H2,1-6H3. The average molecular weight is 236 g/mol. The number of anilines is 1. The van der Waals surface area contributed by atoms with E-state index in [-0.39, 0.29) is 0 Å². The Kier molecular flexibility index (Phi) is 4.87. The van der Waals surface area contributed by atoms with Crippen molar-refractivity contribution in [1.29, 1.82) is 0 Å². The molecule has 1 N–H and O–H groups in total. The highest BCUT2D eigenvalue weighted by Gasteiger charge is 2.09. The van der Waals surface area contributed by atoms with E-state index in [1.54, 1.807) is 0 Å². The third kappa shape index (κ3) is 3.97. The van der Waals surface area contributed by atoms with Gasteiger partial charge in [0.05, 0.1) is 0 Å². The Hall–Kier alpha value is -1.16. The summed E-state index contributed by atoms with van der Waals surface area (Å²) >= 11 is 0. The summed E-state index contributed by atoms with van der Waals surface area (Å²) in [6.07, 6.45) is 0. The molecule has 0 spiro atoms. The summed E-state index contributed by atoms with van der Waals surface area (Å²) in [4.78, 5) is 10.9. The van der Waals surface area contributed by atoms with Crippen LogP contribution in [0, 0.1) is 19.8 Å². The molecule has 96 valence electrons. The number of rotatable bonds is 5. The van der Waals surface area contributed by atoms with Gasteiger partial charge in [-0.3, -0.25) is 0 Å². The number of aromatic nitrogens is 2. The SMILES string of the molecule is Cc1nc(N(C)C)nc(C)c1CNCC(C)C. The van der Waals surface area contributed by atoms with Crippen molar-refractivity contribution in [3.63, 3.8) is 0 Å². The normalized spacial score (nSPS) is 11.0. The van der Waals surface area contributed by atoms with Gasteiger partial charge in [-0.2, -0.15) is 0 Å². The maximum Gasteiger partial charge on any atom is 0.225 e. The molecule has 0 aliphatic rings. The monoisotopic (exact) mass is 236 g/mol. The van der Waals surface area contributed by atoms with Crippen molar-refractivity contribution in [2.24, 2.45) is 5.92 Å². The van der Waals surface area contributed by atoms with Crippen molar-refractivity contribution in [3.8, 4) is 0 Å². The van der Waals surface area contributed by atoms with Crippen LogP contribution in [-0.4, -0.2) is 30.6 Å². The maximum absolute atomic E-state index is 4.51. The fourth-order valence-electron chi connectivity index (χ4n) is 1.66. The fourth-order valence-corrected chi connectivity index (χ4v) is 1.66. The van der Waals surface area contributed by atoms with Crippen LogP contribution in [0.3, 0.4) is 0 Å². The number of nitrogens with one attached hydrogen (secondary N) is 1. The van der Waals surface area contributed by atoms with Crippen molar-refractivity contribution in [2.45, 2.75) is 34.2 Å². The topological polar surface area (TPSA) is 41.1 Å². The number of nitrogens with zero attached hydrogens (tertiary/aromatic N) is 3. The van der Waals surface area contributed by atoms with Crippen molar-refractivity contribution < 1.29 is 0 Å². The number of aryl methyl sites for hydroxylation is 2. The van der Waals surface area contributed by atoms with Crippen molar-refractivity contribution in [3.05, 3.63) is 17.0 Å². The first-order valence-corrected chi connectivity index (χ1v) is 6.14. The van der Waals surface area contributed by atoms with E-state index in [4.69, 9.17) is 0 Å². The van der Waals surface area contributed by atoms with E-state index in [9.17, 15) is 0 Å². The molecule has 0 aliphatic carbocycles. The molecule has 0 saturated heterocycles. The molecule has 0 unspecified atom stereocenters. The van der Waals surface area contributed by atoms with E-state index in [2.05, 4.69) is 29.1 Å². The van der Waals surface area contributed by atoms with Crippen LogP contribution in [0.25, 0.3) is 0 Å². The van der Waals surface area contributed by atoms with Gasteiger partial charge in [0, 0.05) is 37.6 Å². The molecule has 4 nitrogen and oxygen atoms in total.